The van der Waals surface area contributed by atoms with E-state index in [0.29, 0.717) is 39.6 Å². The Kier molecular flexibility index (Phi) is 5.59. The second-order valence-corrected chi connectivity index (χ2v) is 8.29. The van der Waals surface area contributed by atoms with Crippen molar-refractivity contribution < 1.29 is 9.59 Å². The van der Waals surface area contributed by atoms with Gasteiger partial charge in [-0.1, -0.05) is 42.3 Å². The van der Waals surface area contributed by atoms with E-state index in [-0.39, 0.29) is 17.6 Å². The highest BCUT2D eigenvalue weighted by molar-refractivity contribution is 6.36. The van der Waals surface area contributed by atoms with Crippen LogP contribution in [0.5, 0.6) is 0 Å². The number of hydrogen-bond acceptors (Lipinski definition) is 2. The number of carbonyl (C=O) groups is 2. The van der Waals surface area contributed by atoms with Gasteiger partial charge < -0.3 is 5.32 Å². The summed E-state index contributed by atoms with van der Waals surface area (Å²) in [6, 6.07) is 4.96. The maximum absolute atomic E-state index is 12.7. The molecule has 0 aromatic heterocycles. The van der Waals surface area contributed by atoms with E-state index < -0.39 is 0 Å². The molecule has 0 radical (unpaired) electrons. The van der Waals surface area contributed by atoms with Gasteiger partial charge in [0.25, 0.3) is 5.91 Å². The van der Waals surface area contributed by atoms with Gasteiger partial charge in [-0.3, -0.25) is 9.59 Å². The summed E-state index contributed by atoms with van der Waals surface area (Å²) in [5.74, 6) is 0.852. The molecule has 3 rings (SSSR count). The summed E-state index contributed by atoms with van der Waals surface area (Å²) < 4.78 is 0. The zero-order valence-corrected chi connectivity index (χ0v) is 16.6. The zero-order valence-electron chi connectivity index (χ0n) is 15.1. The van der Waals surface area contributed by atoms with E-state index in [1.165, 1.54) is 5.57 Å². The number of allylic oxidation sites excluding steroid dienone is 2. The summed E-state index contributed by atoms with van der Waals surface area (Å²) in [7, 11) is 0. The second-order valence-electron chi connectivity index (χ2n) is 7.44. The third-order valence-corrected chi connectivity index (χ3v) is 6.39. The fourth-order valence-corrected chi connectivity index (χ4v) is 4.55. The fraction of sp³-hybridized carbons (Fsp3) is 0.429. The van der Waals surface area contributed by atoms with Gasteiger partial charge in [0.2, 0.25) is 0 Å². The van der Waals surface area contributed by atoms with Crippen LogP contribution in [0.3, 0.4) is 0 Å². The molecule has 1 aromatic rings. The zero-order chi connectivity index (χ0) is 19.0. The number of rotatable bonds is 3. The highest BCUT2D eigenvalue weighted by Gasteiger charge is 2.38. The van der Waals surface area contributed by atoms with E-state index in [1.807, 2.05) is 6.92 Å². The first kappa shape index (κ1) is 19.2. The number of Topliss-reactive ketones (excluding diaryl/α,β-unsaturated/α-hetero) is 1. The molecule has 0 aliphatic heterocycles. The van der Waals surface area contributed by atoms with Crippen LogP contribution < -0.4 is 5.32 Å². The SMILES string of the molecule is C=C(C(=O)Nc1ccc(Cl)cc1Cl)[C@H]1CCC(C)[C@@H]2CC(=O)C(C)=C2C1. The lowest BCUT2D eigenvalue weighted by atomic mass is 9.86. The molecular formula is C21H23Cl2NO2. The molecule has 0 spiro atoms. The predicted molar refractivity (Wildman–Crippen MR) is 107 cm³/mol. The molecule has 3 atom stereocenters. The standard InChI is InChI=1S/C21H23Cl2NO2/c1-11-4-5-14(8-17-13(3)20(25)10-16(11)17)12(2)21(26)24-19-7-6-15(22)9-18(19)23/h6-7,9,11,14,16H,2,4-5,8,10H2,1,3H3,(H,24,26)/t11?,14-,16-/m0/s1. The monoisotopic (exact) mass is 391 g/mol. The van der Waals surface area contributed by atoms with Crippen LogP contribution in [0.1, 0.15) is 39.5 Å². The number of nitrogens with one attached hydrogen (secondary N) is 1. The first-order valence-corrected chi connectivity index (χ1v) is 9.71. The number of fused-ring (bicyclic) bond motifs is 1. The number of carbonyl (C=O) groups excluding carboxylic acids is 2. The molecule has 0 bridgehead atoms. The summed E-state index contributed by atoms with van der Waals surface area (Å²) in [5, 5.41) is 3.75. The average molecular weight is 392 g/mol. The van der Waals surface area contributed by atoms with Gasteiger partial charge in [-0.15, -0.1) is 0 Å². The Bertz CT molecular complexity index is 812. The normalized spacial score (nSPS) is 25.7. The molecule has 1 fully saturated rings. The largest absolute Gasteiger partial charge is 0.321 e. The molecule has 5 heteroatoms. The lowest BCUT2D eigenvalue weighted by molar-refractivity contribution is -0.115. The third-order valence-electron chi connectivity index (χ3n) is 5.84. The lowest BCUT2D eigenvalue weighted by Crippen LogP contribution is -2.20. The van der Waals surface area contributed by atoms with Crippen LogP contribution in [0.4, 0.5) is 5.69 Å². The Labute approximate surface area is 164 Å². The molecular weight excluding hydrogens is 369 g/mol. The smallest absolute Gasteiger partial charge is 0.251 e. The first-order valence-electron chi connectivity index (χ1n) is 8.96. The highest BCUT2D eigenvalue weighted by Crippen LogP contribution is 2.45. The topological polar surface area (TPSA) is 46.2 Å². The van der Waals surface area contributed by atoms with Gasteiger partial charge in [-0.05, 0) is 67.7 Å². The van der Waals surface area contributed by atoms with Crippen LogP contribution in [-0.4, -0.2) is 11.7 Å². The molecule has 26 heavy (non-hydrogen) atoms. The Morgan fingerprint density at radius 2 is 1.96 bits per heavy atom. The highest BCUT2D eigenvalue weighted by atomic mass is 35.5. The molecule has 138 valence electrons. The lowest BCUT2D eigenvalue weighted by Gasteiger charge is -2.19. The predicted octanol–water partition coefficient (Wildman–Crippen LogP) is 5.83. The van der Waals surface area contributed by atoms with Crippen molar-refractivity contribution in [1.82, 2.24) is 0 Å². The van der Waals surface area contributed by atoms with Crippen molar-refractivity contribution in [3.05, 3.63) is 51.5 Å². The van der Waals surface area contributed by atoms with E-state index in [1.54, 1.807) is 18.2 Å². The molecule has 3 nitrogen and oxygen atoms in total. The molecule has 2 aliphatic carbocycles. The van der Waals surface area contributed by atoms with E-state index >= 15 is 0 Å². The van der Waals surface area contributed by atoms with Crippen LogP contribution in [-0.2, 0) is 9.59 Å². The average Bonchev–Trinajstić information content (AvgIpc) is 2.77. The van der Waals surface area contributed by atoms with Crippen molar-refractivity contribution in [3.8, 4) is 0 Å². The van der Waals surface area contributed by atoms with Gasteiger partial charge in [-0.25, -0.2) is 0 Å². The summed E-state index contributed by atoms with van der Waals surface area (Å²) in [5.41, 5.74) is 3.18. The molecule has 1 saturated carbocycles. The fourth-order valence-electron chi connectivity index (χ4n) is 4.09. The Balaban J connectivity index is 1.76. The minimum Gasteiger partial charge on any atom is -0.321 e. The summed E-state index contributed by atoms with van der Waals surface area (Å²) >= 11 is 12.0. The van der Waals surface area contributed by atoms with Crippen LogP contribution in [0, 0.1) is 17.8 Å². The van der Waals surface area contributed by atoms with Crippen LogP contribution in [0.25, 0.3) is 0 Å². The number of halogens is 2. The van der Waals surface area contributed by atoms with E-state index in [9.17, 15) is 9.59 Å². The number of anilines is 1. The molecule has 0 saturated heterocycles. The summed E-state index contributed by atoms with van der Waals surface area (Å²) in [6.07, 6.45) is 3.26. The van der Waals surface area contributed by atoms with Crippen molar-refractivity contribution in [1.29, 1.82) is 0 Å². The first-order chi connectivity index (χ1) is 12.3. The van der Waals surface area contributed by atoms with Gasteiger partial charge in [0.05, 0.1) is 10.7 Å². The number of amides is 1. The Morgan fingerprint density at radius 1 is 1.23 bits per heavy atom. The second kappa shape index (κ2) is 7.58. The molecule has 1 N–H and O–H groups in total. The molecule has 2 aliphatic rings. The van der Waals surface area contributed by atoms with E-state index in [2.05, 4.69) is 18.8 Å². The van der Waals surface area contributed by atoms with Gasteiger partial charge in [0, 0.05) is 17.0 Å². The molecule has 0 heterocycles. The molecule has 1 amide bonds. The molecule has 1 unspecified atom stereocenters. The van der Waals surface area contributed by atoms with Crippen molar-refractivity contribution in [2.45, 2.75) is 39.5 Å². The quantitative estimate of drug-likeness (QED) is 0.658. The van der Waals surface area contributed by atoms with E-state index in [4.69, 9.17) is 23.2 Å². The summed E-state index contributed by atoms with van der Waals surface area (Å²) in [4.78, 5) is 24.8. The van der Waals surface area contributed by atoms with Crippen LogP contribution in [0.15, 0.2) is 41.5 Å². The van der Waals surface area contributed by atoms with Crippen molar-refractivity contribution in [2.75, 3.05) is 5.32 Å². The van der Waals surface area contributed by atoms with Crippen LogP contribution in [0.2, 0.25) is 10.0 Å². The van der Waals surface area contributed by atoms with Gasteiger partial charge in [-0.2, -0.15) is 0 Å². The maximum Gasteiger partial charge on any atom is 0.251 e. The number of benzene rings is 1. The van der Waals surface area contributed by atoms with Crippen molar-refractivity contribution >= 4 is 40.6 Å². The third kappa shape index (κ3) is 3.74. The van der Waals surface area contributed by atoms with Gasteiger partial charge >= 0.3 is 0 Å². The van der Waals surface area contributed by atoms with Crippen LogP contribution >= 0.6 is 23.2 Å². The Morgan fingerprint density at radius 3 is 2.65 bits per heavy atom. The maximum atomic E-state index is 12.7. The molecule has 1 aromatic carbocycles. The van der Waals surface area contributed by atoms with Gasteiger partial charge in [0.15, 0.2) is 5.78 Å². The van der Waals surface area contributed by atoms with Crippen molar-refractivity contribution in [2.24, 2.45) is 17.8 Å². The van der Waals surface area contributed by atoms with Crippen molar-refractivity contribution in [3.63, 3.8) is 0 Å². The minimum atomic E-state index is -0.229. The Hall–Kier alpha value is -1.58. The number of ketones is 1. The van der Waals surface area contributed by atoms with Gasteiger partial charge in [0.1, 0.15) is 0 Å². The minimum absolute atomic E-state index is 0.0457. The summed E-state index contributed by atoms with van der Waals surface area (Å²) in [6.45, 7) is 8.18. The number of hydrogen-bond donors (Lipinski definition) is 1. The van der Waals surface area contributed by atoms with E-state index in [0.717, 1.165) is 24.8 Å².